The third-order valence-corrected chi connectivity index (χ3v) is 3.43. The summed E-state index contributed by atoms with van der Waals surface area (Å²) < 4.78 is 15.0. The minimum atomic E-state index is -1.23. The number of ether oxygens (including phenoxy) is 3. The number of carbonyl (C=O) groups is 3. The minimum Gasteiger partial charge on any atom is -0.466 e. The van der Waals surface area contributed by atoms with E-state index in [0.29, 0.717) is 6.61 Å². The SMILES string of the molecule is CCCCCCOC(=O)CC(OC(C)=O)C(=O)OCCCCCC. The lowest BCUT2D eigenvalue weighted by Gasteiger charge is -2.15. The Morgan fingerprint density at radius 2 is 1.33 bits per heavy atom. The zero-order valence-corrected chi connectivity index (χ0v) is 15.3. The molecule has 0 aromatic rings. The molecule has 0 amide bonds. The molecule has 0 heterocycles. The largest absolute Gasteiger partial charge is 0.466 e. The van der Waals surface area contributed by atoms with Crippen LogP contribution in [0.3, 0.4) is 0 Å². The van der Waals surface area contributed by atoms with E-state index >= 15 is 0 Å². The van der Waals surface area contributed by atoms with Crippen molar-refractivity contribution in [3.8, 4) is 0 Å². The Labute approximate surface area is 145 Å². The predicted molar refractivity (Wildman–Crippen MR) is 90.4 cm³/mol. The first-order chi connectivity index (χ1) is 11.5. The molecule has 140 valence electrons. The van der Waals surface area contributed by atoms with Crippen LogP contribution in [0.4, 0.5) is 0 Å². The predicted octanol–water partition coefficient (Wildman–Crippen LogP) is 3.56. The first-order valence-electron chi connectivity index (χ1n) is 9.00. The Kier molecular flexibility index (Phi) is 14.0. The number of carbonyl (C=O) groups excluding carboxylic acids is 3. The molecule has 0 spiro atoms. The number of unbranched alkanes of at least 4 members (excludes halogenated alkanes) is 6. The fourth-order valence-corrected chi connectivity index (χ4v) is 2.09. The molecule has 0 saturated heterocycles. The average molecular weight is 344 g/mol. The summed E-state index contributed by atoms with van der Waals surface area (Å²) in [6.07, 6.45) is 6.36. The molecule has 0 aromatic heterocycles. The van der Waals surface area contributed by atoms with Crippen molar-refractivity contribution in [1.82, 2.24) is 0 Å². The summed E-state index contributed by atoms with van der Waals surface area (Å²) in [6, 6.07) is 0. The Morgan fingerprint density at radius 3 is 1.83 bits per heavy atom. The standard InChI is InChI=1S/C18H32O6/c1-4-6-8-10-12-22-17(20)14-16(24-15(3)19)18(21)23-13-11-9-7-5-2/h16H,4-14H2,1-3H3. The van der Waals surface area contributed by atoms with Crippen molar-refractivity contribution < 1.29 is 28.6 Å². The lowest BCUT2D eigenvalue weighted by atomic mass is 10.2. The van der Waals surface area contributed by atoms with E-state index in [-0.39, 0.29) is 13.0 Å². The van der Waals surface area contributed by atoms with Gasteiger partial charge in [-0.15, -0.1) is 0 Å². The van der Waals surface area contributed by atoms with Gasteiger partial charge in [0.15, 0.2) is 0 Å². The molecule has 1 atom stereocenters. The molecule has 0 aliphatic rings. The fourth-order valence-electron chi connectivity index (χ4n) is 2.09. The summed E-state index contributed by atoms with van der Waals surface area (Å²) in [5.41, 5.74) is 0. The van der Waals surface area contributed by atoms with Gasteiger partial charge in [-0.25, -0.2) is 4.79 Å². The molecule has 0 radical (unpaired) electrons. The van der Waals surface area contributed by atoms with Crippen LogP contribution in [-0.4, -0.2) is 37.2 Å². The highest BCUT2D eigenvalue weighted by Crippen LogP contribution is 2.07. The van der Waals surface area contributed by atoms with E-state index in [0.717, 1.165) is 51.4 Å². The normalized spacial score (nSPS) is 11.6. The number of esters is 3. The summed E-state index contributed by atoms with van der Waals surface area (Å²) >= 11 is 0. The zero-order chi connectivity index (χ0) is 18.2. The smallest absolute Gasteiger partial charge is 0.348 e. The third-order valence-electron chi connectivity index (χ3n) is 3.43. The van der Waals surface area contributed by atoms with E-state index in [1.807, 2.05) is 0 Å². The number of hydrogen-bond donors (Lipinski definition) is 0. The molecule has 0 fully saturated rings. The Bertz CT molecular complexity index is 367. The highest BCUT2D eigenvalue weighted by molar-refractivity contribution is 5.84. The highest BCUT2D eigenvalue weighted by Gasteiger charge is 2.27. The minimum absolute atomic E-state index is 0.267. The van der Waals surface area contributed by atoms with Crippen molar-refractivity contribution in [1.29, 1.82) is 0 Å². The van der Waals surface area contributed by atoms with Gasteiger partial charge in [-0.2, -0.15) is 0 Å². The lowest BCUT2D eigenvalue weighted by Crippen LogP contribution is -2.31. The summed E-state index contributed by atoms with van der Waals surface area (Å²) in [6.45, 7) is 5.97. The van der Waals surface area contributed by atoms with Gasteiger partial charge in [0.2, 0.25) is 6.10 Å². The van der Waals surface area contributed by atoms with Crippen LogP contribution in [0.25, 0.3) is 0 Å². The van der Waals surface area contributed by atoms with Crippen molar-refractivity contribution in [2.24, 2.45) is 0 Å². The van der Waals surface area contributed by atoms with Gasteiger partial charge in [0.1, 0.15) is 0 Å². The van der Waals surface area contributed by atoms with Crippen LogP contribution >= 0.6 is 0 Å². The fraction of sp³-hybridized carbons (Fsp3) is 0.833. The van der Waals surface area contributed by atoms with E-state index < -0.39 is 24.0 Å². The lowest BCUT2D eigenvalue weighted by molar-refractivity contribution is -0.171. The molecule has 6 nitrogen and oxygen atoms in total. The second kappa shape index (κ2) is 15.0. The molecule has 0 aliphatic heterocycles. The Morgan fingerprint density at radius 1 is 0.792 bits per heavy atom. The van der Waals surface area contributed by atoms with Gasteiger partial charge in [0, 0.05) is 6.92 Å². The van der Waals surface area contributed by atoms with Crippen molar-refractivity contribution >= 4 is 17.9 Å². The van der Waals surface area contributed by atoms with Crippen LogP contribution in [0.1, 0.15) is 78.6 Å². The van der Waals surface area contributed by atoms with Crippen molar-refractivity contribution in [2.75, 3.05) is 13.2 Å². The molecular weight excluding hydrogens is 312 g/mol. The summed E-state index contributed by atoms with van der Waals surface area (Å²) in [5, 5.41) is 0. The van der Waals surface area contributed by atoms with E-state index in [2.05, 4.69) is 13.8 Å². The van der Waals surface area contributed by atoms with Gasteiger partial charge >= 0.3 is 17.9 Å². The Hall–Kier alpha value is -1.59. The van der Waals surface area contributed by atoms with Crippen LogP contribution in [0.5, 0.6) is 0 Å². The number of hydrogen-bond acceptors (Lipinski definition) is 6. The molecule has 0 bridgehead atoms. The molecule has 24 heavy (non-hydrogen) atoms. The molecule has 0 aliphatic carbocycles. The van der Waals surface area contributed by atoms with Gasteiger partial charge in [0.05, 0.1) is 19.6 Å². The second-order valence-corrected chi connectivity index (χ2v) is 5.81. The molecule has 0 rings (SSSR count). The molecule has 0 N–H and O–H groups in total. The quantitative estimate of drug-likeness (QED) is 0.272. The topological polar surface area (TPSA) is 78.9 Å². The van der Waals surface area contributed by atoms with Crippen LogP contribution in [0.2, 0.25) is 0 Å². The molecule has 1 unspecified atom stereocenters. The average Bonchev–Trinajstić information content (AvgIpc) is 2.53. The van der Waals surface area contributed by atoms with Crippen LogP contribution < -0.4 is 0 Å². The van der Waals surface area contributed by atoms with Crippen LogP contribution in [-0.2, 0) is 28.6 Å². The van der Waals surface area contributed by atoms with Gasteiger partial charge in [-0.3, -0.25) is 9.59 Å². The van der Waals surface area contributed by atoms with E-state index in [1.54, 1.807) is 0 Å². The van der Waals surface area contributed by atoms with Gasteiger partial charge < -0.3 is 14.2 Å². The highest BCUT2D eigenvalue weighted by atomic mass is 16.6. The maximum absolute atomic E-state index is 12.0. The van der Waals surface area contributed by atoms with E-state index in [9.17, 15) is 14.4 Å². The monoisotopic (exact) mass is 344 g/mol. The van der Waals surface area contributed by atoms with Gasteiger partial charge in [0.25, 0.3) is 0 Å². The maximum Gasteiger partial charge on any atom is 0.348 e. The van der Waals surface area contributed by atoms with Gasteiger partial charge in [-0.05, 0) is 12.8 Å². The summed E-state index contributed by atoms with van der Waals surface area (Å²) in [7, 11) is 0. The third kappa shape index (κ3) is 12.9. The molecule has 0 aromatic carbocycles. The molecule has 0 saturated carbocycles. The maximum atomic E-state index is 12.0. The zero-order valence-electron chi connectivity index (χ0n) is 15.3. The second-order valence-electron chi connectivity index (χ2n) is 5.81. The first kappa shape index (κ1) is 22.4. The number of rotatable bonds is 14. The summed E-state index contributed by atoms with van der Waals surface area (Å²) in [4.78, 5) is 34.8. The Balaban J connectivity index is 4.16. The van der Waals surface area contributed by atoms with Crippen LogP contribution in [0, 0.1) is 0 Å². The van der Waals surface area contributed by atoms with Crippen molar-refractivity contribution in [2.45, 2.75) is 84.7 Å². The summed E-state index contributed by atoms with van der Waals surface area (Å²) in [5.74, 6) is -1.87. The van der Waals surface area contributed by atoms with E-state index in [1.165, 1.54) is 6.92 Å². The van der Waals surface area contributed by atoms with Gasteiger partial charge in [-0.1, -0.05) is 52.4 Å². The first-order valence-corrected chi connectivity index (χ1v) is 9.00. The van der Waals surface area contributed by atoms with Crippen molar-refractivity contribution in [3.05, 3.63) is 0 Å². The van der Waals surface area contributed by atoms with E-state index in [4.69, 9.17) is 14.2 Å². The molecule has 6 heteroatoms. The van der Waals surface area contributed by atoms with Crippen molar-refractivity contribution in [3.63, 3.8) is 0 Å². The van der Waals surface area contributed by atoms with Crippen LogP contribution in [0.15, 0.2) is 0 Å². The molecular formula is C18H32O6.